The summed E-state index contributed by atoms with van der Waals surface area (Å²) >= 11 is 0. The minimum absolute atomic E-state index is 0.443. The van der Waals surface area contributed by atoms with Gasteiger partial charge in [0.2, 0.25) is 0 Å². The van der Waals surface area contributed by atoms with Gasteiger partial charge in [-0.05, 0) is 111 Å². The molecule has 0 saturated heterocycles. The van der Waals surface area contributed by atoms with Gasteiger partial charge >= 0.3 is 0 Å². The van der Waals surface area contributed by atoms with E-state index >= 15 is 0 Å². The fourth-order valence-corrected chi connectivity index (χ4v) is 8.78. The number of hydrogen-bond donors (Lipinski definition) is 0. The molecule has 4 fully saturated rings. The van der Waals surface area contributed by atoms with Crippen LogP contribution in [0.4, 0.5) is 0 Å². The smallest absolute Gasteiger partial charge is 0.146 e. The van der Waals surface area contributed by atoms with Crippen molar-refractivity contribution < 1.29 is 9.47 Å². The molecule has 2 heteroatoms. The van der Waals surface area contributed by atoms with Gasteiger partial charge in [0.1, 0.15) is 6.79 Å². The highest BCUT2D eigenvalue weighted by molar-refractivity contribution is 5.16. The van der Waals surface area contributed by atoms with Crippen LogP contribution >= 0.6 is 0 Å². The number of fused-ring (bicyclic) bond motifs is 4. The molecule has 0 aromatic carbocycles. The van der Waals surface area contributed by atoms with Crippen molar-refractivity contribution in [1.82, 2.24) is 0 Å². The fourth-order valence-electron chi connectivity index (χ4n) is 8.78. The molecular weight excluding hydrogens is 320 g/mol. The molecule has 146 valence electrons. The van der Waals surface area contributed by atoms with Crippen molar-refractivity contribution in [2.45, 2.75) is 83.7 Å². The lowest BCUT2D eigenvalue weighted by atomic mass is 9.43. The Bertz CT molecular complexity index is 556. The molecule has 0 unspecified atom stereocenters. The van der Waals surface area contributed by atoms with Crippen molar-refractivity contribution >= 4 is 0 Å². The van der Waals surface area contributed by atoms with E-state index in [2.05, 4.69) is 19.1 Å². The molecule has 5 aliphatic carbocycles. The highest BCUT2D eigenvalue weighted by Gasteiger charge is 2.61. The normalized spacial score (nSPS) is 52.7. The van der Waals surface area contributed by atoms with Crippen LogP contribution in [0.5, 0.6) is 0 Å². The summed E-state index contributed by atoms with van der Waals surface area (Å²) < 4.78 is 11.1. The van der Waals surface area contributed by atoms with E-state index in [0.29, 0.717) is 23.7 Å². The number of allylic oxidation sites excluding steroid dienone is 2. The molecule has 2 nitrogen and oxygen atoms in total. The van der Waals surface area contributed by atoms with Gasteiger partial charge in [-0.15, -0.1) is 0 Å². The molecule has 0 aliphatic heterocycles. The number of ether oxygens (including phenoxy) is 2. The third kappa shape index (κ3) is 2.50. The van der Waals surface area contributed by atoms with Gasteiger partial charge in [0, 0.05) is 7.11 Å². The Morgan fingerprint density at radius 3 is 2.77 bits per heavy atom. The van der Waals surface area contributed by atoms with Crippen LogP contribution < -0.4 is 0 Å². The van der Waals surface area contributed by atoms with Crippen LogP contribution in [0.3, 0.4) is 0 Å². The van der Waals surface area contributed by atoms with Crippen LogP contribution in [-0.4, -0.2) is 20.0 Å². The summed E-state index contributed by atoms with van der Waals surface area (Å²) in [5, 5.41) is 0. The van der Waals surface area contributed by atoms with Gasteiger partial charge < -0.3 is 9.47 Å². The molecular formula is C24H38O2. The van der Waals surface area contributed by atoms with Crippen LogP contribution in [0, 0.1) is 40.4 Å². The third-order valence-corrected chi connectivity index (χ3v) is 9.97. The zero-order valence-electron chi connectivity index (χ0n) is 16.9. The molecule has 8 atom stereocenters. The van der Waals surface area contributed by atoms with Gasteiger partial charge in [0.25, 0.3) is 0 Å². The Labute approximate surface area is 160 Å². The van der Waals surface area contributed by atoms with Gasteiger partial charge in [-0.1, -0.05) is 19.1 Å². The van der Waals surface area contributed by atoms with Gasteiger partial charge in [-0.3, -0.25) is 0 Å². The Morgan fingerprint density at radius 2 is 1.88 bits per heavy atom. The van der Waals surface area contributed by atoms with E-state index in [-0.39, 0.29) is 0 Å². The molecule has 5 aliphatic rings. The zero-order chi connectivity index (χ0) is 17.8. The SMILES string of the molecule is COCO[C@@H]1CC[C@@]2(C)[C@H](CC[C@@H]3[C@@H]2CC[C@]24CCC=C[C@H]2CC[C@@H]34)C1. The molecule has 4 saturated carbocycles. The number of hydrogen-bond acceptors (Lipinski definition) is 2. The van der Waals surface area contributed by atoms with Crippen LogP contribution in [0.25, 0.3) is 0 Å². The highest BCUT2D eigenvalue weighted by atomic mass is 16.7. The lowest BCUT2D eigenvalue weighted by Crippen LogP contribution is -2.54. The monoisotopic (exact) mass is 358 g/mol. The topological polar surface area (TPSA) is 18.5 Å². The van der Waals surface area contributed by atoms with E-state index in [1.807, 2.05) is 0 Å². The lowest BCUT2D eigenvalue weighted by Gasteiger charge is -2.62. The largest absolute Gasteiger partial charge is 0.359 e. The van der Waals surface area contributed by atoms with Crippen molar-refractivity contribution in [3.05, 3.63) is 12.2 Å². The van der Waals surface area contributed by atoms with Gasteiger partial charge in [0.15, 0.2) is 0 Å². The molecule has 0 N–H and O–H groups in total. The maximum absolute atomic E-state index is 5.97. The number of rotatable bonds is 3. The Balaban J connectivity index is 1.35. The van der Waals surface area contributed by atoms with E-state index in [0.717, 1.165) is 29.6 Å². The first kappa shape index (κ1) is 17.7. The summed E-state index contributed by atoms with van der Waals surface area (Å²) in [7, 11) is 1.74. The predicted octanol–water partition coefficient (Wildman–Crippen LogP) is 5.96. The van der Waals surface area contributed by atoms with Crippen LogP contribution in [0.1, 0.15) is 77.6 Å². The van der Waals surface area contributed by atoms with Crippen molar-refractivity contribution in [1.29, 1.82) is 0 Å². The quantitative estimate of drug-likeness (QED) is 0.457. The Hall–Kier alpha value is -0.340. The molecule has 26 heavy (non-hydrogen) atoms. The summed E-state index contributed by atoms with van der Waals surface area (Å²) in [5.74, 6) is 4.86. The van der Waals surface area contributed by atoms with Gasteiger partial charge in [-0.25, -0.2) is 0 Å². The first-order valence-corrected chi connectivity index (χ1v) is 11.4. The average molecular weight is 359 g/mol. The van der Waals surface area contributed by atoms with E-state index in [4.69, 9.17) is 9.47 Å². The molecule has 1 spiro atoms. The predicted molar refractivity (Wildman–Crippen MR) is 105 cm³/mol. The molecule has 0 bridgehead atoms. The van der Waals surface area contributed by atoms with E-state index in [1.54, 1.807) is 7.11 Å². The van der Waals surface area contributed by atoms with Crippen LogP contribution in [0.2, 0.25) is 0 Å². The summed E-state index contributed by atoms with van der Waals surface area (Å²) in [6, 6.07) is 0. The molecule has 0 amide bonds. The average Bonchev–Trinajstić information content (AvgIpc) is 3.06. The maximum Gasteiger partial charge on any atom is 0.146 e. The standard InChI is InChI=1S/C24H38O2/c1-23-13-10-19(26-16-25-2)15-18(23)6-8-20-21(23)11-14-24-12-4-3-5-17(24)7-9-22(20)24/h3,5,17-22H,4,6-16H2,1-2H3/t17-,18+,19+,20+,21-,22-,23-,24+/m0/s1. The highest BCUT2D eigenvalue weighted by Crippen LogP contribution is 2.69. The van der Waals surface area contributed by atoms with E-state index < -0.39 is 0 Å². The first-order chi connectivity index (χ1) is 12.7. The molecule has 0 heterocycles. The van der Waals surface area contributed by atoms with Gasteiger partial charge in [0.05, 0.1) is 6.10 Å². The summed E-state index contributed by atoms with van der Waals surface area (Å²) in [4.78, 5) is 0. The summed E-state index contributed by atoms with van der Waals surface area (Å²) in [6.45, 7) is 3.14. The second-order valence-electron chi connectivity index (χ2n) is 10.5. The lowest BCUT2D eigenvalue weighted by molar-refractivity contribution is -0.154. The van der Waals surface area contributed by atoms with Crippen molar-refractivity contribution in [2.24, 2.45) is 40.4 Å². The Kier molecular flexibility index (Phi) is 4.52. The van der Waals surface area contributed by atoms with E-state index in [1.165, 1.54) is 70.6 Å². The second kappa shape index (κ2) is 6.62. The molecule has 0 aromatic rings. The molecule has 5 rings (SSSR count). The third-order valence-electron chi connectivity index (χ3n) is 9.97. The van der Waals surface area contributed by atoms with Crippen LogP contribution in [-0.2, 0) is 9.47 Å². The number of methoxy groups -OCH3 is 1. The van der Waals surface area contributed by atoms with E-state index in [9.17, 15) is 0 Å². The first-order valence-electron chi connectivity index (χ1n) is 11.4. The Morgan fingerprint density at radius 1 is 0.962 bits per heavy atom. The van der Waals surface area contributed by atoms with Crippen molar-refractivity contribution in [3.8, 4) is 0 Å². The zero-order valence-corrected chi connectivity index (χ0v) is 16.9. The van der Waals surface area contributed by atoms with Crippen LogP contribution in [0.15, 0.2) is 12.2 Å². The molecule has 0 aromatic heterocycles. The van der Waals surface area contributed by atoms with Crippen molar-refractivity contribution in [3.63, 3.8) is 0 Å². The van der Waals surface area contributed by atoms with Crippen molar-refractivity contribution in [2.75, 3.05) is 13.9 Å². The summed E-state index contributed by atoms with van der Waals surface area (Å²) in [5.41, 5.74) is 1.29. The summed E-state index contributed by atoms with van der Waals surface area (Å²) in [6.07, 6.45) is 21.3. The molecule has 0 radical (unpaired) electrons. The second-order valence-corrected chi connectivity index (χ2v) is 10.5. The minimum atomic E-state index is 0.443. The maximum atomic E-state index is 5.97. The minimum Gasteiger partial charge on any atom is -0.359 e. The van der Waals surface area contributed by atoms with Gasteiger partial charge in [-0.2, -0.15) is 0 Å². The fraction of sp³-hybridized carbons (Fsp3) is 0.917.